The first-order chi connectivity index (χ1) is 6.53. The molecule has 0 radical (unpaired) electrons. The summed E-state index contributed by atoms with van der Waals surface area (Å²) in [5, 5.41) is 0. The van der Waals surface area contributed by atoms with Crippen LogP contribution in [-0.2, 0) is 23.0 Å². The molecule has 1 unspecified atom stereocenters. The van der Waals surface area contributed by atoms with E-state index in [4.69, 9.17) is 14.7 Å². The number of rotatable bonds is 5. The van der Waals surface area contributed by atoms with Crippen LogP contribution in [0.3, 0.4) is 0 Å². The standard InChI is InChI=1S/C5H10O8P2/c1-4(2)5(6)12-3-14(7,8)13-15(9,10)11/h1,3H2,2H3,(H,7,8)(H2,9,10,11). The second kappa shape index (κ2) is 5.03. The van der Waals surface area contributed by atoms with E-state index in [2.05, 4.69) is 15.6 Å². The van der Waals surface area contributed by atoms with Crippen LogP contribution >= 0.6 is 15.4 Å². The Kier molecular flexibility index (Phi) is 4.86. The van der Waals surface area contributed by atoms with Crippen LogP contribution in [0.15, 0.2) is 12.2 Å². The number of hydrogen-bond acceptors (Lipinski definition) is 5. The van der Waals surface area contributed by atoms with Gasteiger partial charge >= 0.3 is 21.4 Å². The van der Waals surface area contributed by atoms with Gasteiger partial charge in [0.2, 0.25) is 0 Å². The van der Waals surface area contributed by atoms with E-state index in [1.54, 1.807) is 0 Å². The summed E-state index contributed by atoms with van der Waals surface area (Å²) in [7, 11) is -9.75. The fourth-order valence-corrected chi connectivity index (χ4v) is 2.25. The lowest BCUT2D eigenvalue weighted by Gasteiger charge is -2.12. The molecule has 0 aromatic heterocycles. The molecule has 1 atom stereocenters. The van der Waals surface area contributed by atoms with Crippen molar-refractivity contribution >= 4 is 21.4 Å². The Morgan fingerprint density at radius 3 is 2.13 bits per heavy atom. The third-order valence-electron chi connectivity index (χ3n) is 0.941. The van der Waals surface area contributed by atoms with E-state index in [0.29, 0.717) is 0 Å². The van der Waals surface area contributed by atoms with Crippen LogP contribution < -0.4 is 0 Å². The van der Waals surface area contributed by atoms with Crippen LogP contribution in [0.1, 0.15) is 6.92 Å². The highest BCUT2D eigenvalue weighted by atomic mass is 31.3. The first kappa shape index (κ1) is 14.5. The van der Waals surface area contributed by atoms with Gasteiger partial charge in [0, 0.05) is 5.57 Å². The van der Waals surface area contributed by atoms with E-state index < -0.39 is 27.7 Å². The summed E-state index contributed by atoms with van der Waals surface area (Å²) in [6.45, 7) is 4.49. The summed E-state index contributed by atoms with van der Waals surface area (Å²) < 4.78 is 28.8. The van der Waals surface area contributed by atoms with Crippen molar-refractivity contribution in [3.8, 4) is 0 Å². The van der Waals surface area contributed by atoms with Crippen LogP contribution in [0.2, 0.25) is 0 Å². The maximum absolute atomic E-state index is 10.9. The predicted octanol–water partition coefficient (Wildman–Crippen LogP) is 0.358. The van der Waals surface area contributed by atoms with Crippen molar-refractivity contribution in [2.75, 3.05) is 6.35 Å². The molecule has 8 nitrogen and oxygen atoms in total. The van der Waals surface area contributed by atoms with Gasteiger partial charge in [0.1, 0.15) is 0 Å². The fourth-order valence-electron chi connectivity index (χ4n) is 0.453. The Hall–Kier alpha value is -0.490. The lowest BCUT2D eigenvalue weighted by molar-refractivity contribution is -0.137. The lowest BCUT2D eigenvalue weighted by atomic mass is 10.4. The van der Waals surface area contributed by atoms with E-state index in [1.165, 1.54) is 6.92 Å². The first-order valence-corrected chi connectivity index (χ1v) is 6.74. The molecular formula is C5H10O8P2. The molecule has 0 fully saturated rings. The van der Waals surface area contributed by atoms with Gasteiger partial charge < -0.3 is 19.4 Å². The molecule has 0 saturated carbocycles. The topological polar surface area (TPSA) is 130 Å². The molecule has 10 heteroatoms. The van der Waals surface area contributed by atoms with Gasteiger partial charge in [0.15, 0.2) is 6.35 Å². The molecule has 0 aliphatic carbocycles. The van der Waals surface area contributed by atoms with E-state index >= 15 is 0 Å². The highest BCUT2D eigenvalue weighted by molar-refractivity contribution is 7.63. The number of ether oxygens (including phenoxy) is 1. The van der Waals surface area contributed by atoms with Crippen molar-refractivity contribution in [3.05, 3.63) is 12.2 Å². The van der Waals surface area contributed by atoms with Crippen LogP contribution in [0, 0.1) is 0 Å². The van der Waals surface area contributed by atoms with Crippen LogP contribution in [0.4, 0.5) is 0 Å². The molecule has 0 rings (SSSR count). The lowest BCUT2D eigenvalue weighted by Crippen LogP contribution is -2.07. The Morgan fingerprint density at radius 1 is 1.33 bits per heavy atom. The van der Waals surface area contributed by atoms with Crippen LogP contribution in [0.25, 0.3) is 0 Å². The third-order valence-corrected chi connectivity index (χ3v) is 3.27. The van der Waals surface area contributed by atoms with Crippen molar-refractivity contribution in [2.45, 2.75) is 6.92 Å². The van der Waals surface area contributed by atoms with E-state index in [0.717, 1.165) is 0 Å². The van der Waals surface area contributed by atoms with Gasteiger partial charge in [-0.05, 0) is 6.92 Å². The van der Waals surface area contributed by atoms with Crippen LogP contribution in [0.5, 0.6) is 0 Å². The molecule has 0 saturated heterocycles. The zero-order chi connectivity index (χ0) is 12.3. The number of carbonyl (C=O) groups is 1. The summed E-state index contributed by atoms with van der Waals surface area (Å²) >= 11 is 0. The average Bonchev–Trinajstić information content (AvgIpc) is 1.95. The minimum Gasteiger partial charge on any atom is -0.449 e. The number of esters is 1. The normalized spacial score (nSPS) is 15.5. The minimum absolute atomic E-state index is 0.0221. The zero-order valence-corrected chi connectivity index (χ0v) is 9.48. The molecule has 0 aromatic carbocycles. The van der Waals surface area contributed by atoms with Gasteiger partial charge in [-0.3, -0.25) is 4.57 Å². The summed E-state index contributed by atoms with van der Waals surface area (Å²) in [5.41, 5.74) is -0.0221. The number of carbonyl (C=O) groups excluding carboxylic acids is 1. The van der Waals surface area contributed by atoms with Gasteiger partial charge in [-0.25, -0.2) is 13.7 Å². The molecule has 3 N–H and O–H groups in total. The molecular weight excluding hydrogens is 250 g/mol. The predicted molar refractivity (Wildman–Crippen MR) is 48.7 cm³/mol. The highest BCUT2D eigenvalue weighted by Crippen LogP contribution is 2.56. The Labute approximate surface area is 85.3 Å². The highest BCUT2D eigenvalue weighted by Gasteiger charge is 2.32. The van der Waals surface area contributed by atoms with Gasteiger partial charge in [-0.1, -0.05) is 6.58 Å². The van der Waals surface area contributed by atoms with Crippen LogP contribution in [-0.4, -0.2) is 27.0 Å². The van der Waals surface area contributed by atoms with Gasteiger partial charge in [-0.2, -0.15) is 0 Å². The molecule has 15 heavy (non-hydrogen) atoms. The number of hydrogen-bond donors (Lipinski definition) is 3. The first-order valence-electron chi connectivity index (χ1n) is 3.45. The molecule has 0 amide bonds. The monoisotopic (exact) mass is 260 g/mol. The summed E-state index contributed by atoms with van der Waals surface area (Å²) in [5.74, 6) is -0.960. The van der Waals surface area contributed by atoms with E-state index in [9.17, 15) is 13.9 Å². The van der Waals surface area contributed by atoms with Gasteiger partial charge in [0.25, 0.3) is 0 Å². The van der Waals surface area contributed by atoms with Gasteiger partial charge in [-0.15, -0.1) is 0 Å². The Bertz CT molecular complexity index is 354. The van der Waals surface area contributed by atoms with Crippen molar-refractivity contribution in [1.82, 2.24) is 0 Å². The molecule has 0 spiro atoms. The molecule has 0 bridgehead atoms. The second-order valence-electron chi connectivity index (χ2n) is 2.55. The second-order valence-corrected chi connectivity index (χ2v) is 5.72. The SMILES string of the molecule is C=C(C)C(=O)OCP(=O)(O)OP(=O)(O)O. The molecule has 0 heterocycles. The fraction of sp³-hybridized carbons (Fsp3) is 0.400. The average molecular weight is 260 g/mol. The maximum Gasteiger partial charge on any atom is 0.476 e. The summed E-state index contributed by atoms with van der Waals surface area (Å²) in [4.78, 5) is 36.0. The third kappa shape index (κ3) is 7.44. The quantitative estimate of drug-likeness (QED) is 0.367. The van der Waals surface area contributed by atoms with Crippen molar-refractivity contribution < 1.29 is 37.7 Å². The van der Waals surface area contributed by atoms with Crippen molar-refractivity contribution in [1.29, 1.82) is 0 Å². The summed E-state index contributed by atoms with van der Waals surface area (Å²) in [6.07, 6.45) is -1.15. The molecule has 0 aliphatic rings. The summed E-state index contributed by atoms with van der Waals surface area (Å²) in [6, 6.07) is 0. The van der Waals surface area contributed by atoms with Crippen molar-refractivity contribution in [3.63, 3.8) is 0 Å². The van der Waals surface area contributed by atoms with Crippen molar-refractivity contribution in [2.24, 2.45) is 0 Å². The largest absolute Gasteiger partial charge is 0.476 e. The van der Waals surface area contributed by atoms with E-state index in [-0.39, 0.29) is 5.57 Å². The van der Waals surface area contributed by atoms with Gasteiger partial charge in [0.05, 0.1) is 0 Å². The van der Waals surface area contributed by atoms with E-state index in [1.807, 2.05) is 0 Å². The molecule has 0 aromatic rings. The zero-order valence-electron chi connectivity index (χ0n) is 7.69. The Balaban J connectivity index is 4.29. The minimum atomic E-state index is -5.10. The Morgan fingerprint density at radius 2 is 1.80 bits per heavy atom. The molecule has 88 valence electrons. The smallest absolute Gasteiger partial charge is 0.449 e. The number of phosphoric acid groups is 1. The molecule has 0 aliphatic heterocycles. The maximum atomic E-state index is 10.9.